The van der Waals surface area contributed by atoms with Crippen molar-refractivity contribution in [2.24, 2.45) is 0 Å². The maximum absolute atomic E-state index is 12.8. The topological polar surface area (TPSA) is 98.5 Å². The van der Waals surface area contributed by atoms with E-state index in [2.05, 4.69) is 21.2 Å². The van der Waals surface area contributed by atoms with Gasteiger partial charge in [-0.05, 0) is 33.1 Å². The van der Waals surface area contributed by atoms with Gasteiger partial charge in [0, 0.05) is 16.6 Å². The van der Waals surface area contributed by atoms with Crippen LogP contribution in [0.15, 0.2) is 83.3 Å². The summed E-state index contributed by atoms with van der Waals surface area (Å²) >= 11 is 3.18. The maximum Gasteiger partial charge on any atom is 0.318 e. The van der Waals surface area contributed by atoms with Crippen molar-refractivity contribution < 1.29 is 19.2 Å². The van der Waals surface area contributed by atoms with Gasteiger partial charge in [-0.3, -0.25) is 19.7 Å². The van der Waals surface area contributed by atoms with Gasteiger partial charge in [-0.2, -0.15) is 0 Å². The minimum absolute atomic E-state index is 0.111. The van der Waals surface area contributed by atoms with Crippen LogP contribution in [0.4, 0.5) is 11.4 Å². The minimum atomic E-state index is -0.661. The number of carbonyl (C=O) groups excluding carboxylic acids is 2. The Kier molecular flexibility index (Phi) is 6.92. The van der Waals surface area contributed by atoms with Crippen LogP contribution >= 0.6 is 15.9 Å². The Morgan fingerprint density at radius 1 is 0.967 bits per heavy atom. The monoisotopic (exact) mass is 468 g/mol. The lowest BCUT2D eigenvalue weighted by Gasteiger charge is -2.17. The molecule has 0 aliphatic rings. The Balaban J connectivity index is 1.68. The van der Waals surface area contributed by atoms with Crippen molar-refractivity contribution in [3.63, 3.8) is 0 Å². The van der Waals surface area contributed by atoms with E-state index in [4.69, 9.17) is 4.74 Å². The third kappa shape index (κ3) is 5.30. The van der Waals surface area contributed by atoms with Crippen molar-refractivity contribution in [2.75, 3.05) is 11.9 Å². The van der Waals surface area contributed by atoms with Crippen LogP contribution in [-0.4, -0.2) is 23.4 Å². The molecule has 1 N–H and O–H groups in total. The molecule has 0 aliphatic heterocycles. The zero-order chi connectivity index (χ0) is 21.5. The first-order chi connectivity index (χ1) is 14.5. The fourth-order valence-electron chi connectivity index (χ4n) is 2.88. The number of carbonyl (C=O) groups is 2. The van der Waals surface area contributed by atoms with E-state index < -0.39 is 29.3 Å². The zero-order valence-electron chi connectivity index (χ0n) is 15.7. The summed E-state index contributed by atoms with van der Waals surface area (Å²) in [7, 11) is 0. The van der Waals surface area contributed by atoms with Crippen molar-refractivity contribution in [3.05, 3.63) is 105 Å². The lowest BCUT2D eigenvalue weighted by Crippen LogP contribution is -2.24. The molecule has 0 spiro atoms. The number of benzene rings is 3. The molecule has 0 bridgehead atoms. The average molecular weight is 469 g/mol. The first-order valence-electron chi connectivity index (χ1n) is 8.96. The third-order valence-corrected chi connectivity index (χ3v) is 4.94. The van der Waals surface area contributed by atoms with Crippen molar-refractivity contribution in [1.29, 1.82) is 0 Å². The van der Waals surface area contributed by atoms with Crippen LogP contribution in [0.5, 0.6) is 0 Å². The number of halogens is 1. The van der Waals surface area contributed by atoms with Gasteiger partial charge >= 0.3 is 5.97 Å². The molecule has 0 fully saturated rings. The van der Waals surface area contributed by atoms with Crippen molar-refractivity contribution >= 4 is 39.2 Å². The van der Waals surface area contributed by atoms with Crippen LogP contribution in [-0.2, 0) is 14.3 Å². The number of non-ortho nitro benzene ring substituents is 1. The number of esters is 1. The van der Waals surface area contributed by atoms with Gasteiger partial charge in [0.2, 0.25) is 0 Å². The van der Waals surface area contributed by atoms with Crippen LogP contribution < -0.4 is 5.32 Å². The van der Waals surface area contributed by atoms with Gasteiger partial charge < -0.3 is 10.1 Å². The van der Waals surface area contributed by atoms with Crippen LogP contribution in [0.3, 0.4) is 0 Å². The quantitative estimate of drug-likeness (QED) is 0.308. The predicted octanol–water partition coefficient (Wildman–Crippen LogP) is 4.67. The number of hydrogen-bond donors (Lipinski definition) is 1. The number of amides is 1. The molecule has 0 aromatic heterocycles. The largest absolute Gasteiger partial charge is 0.455 e. The number of nitro groups is 1. The van der Waals surface area contributed by atoms with Crippen LogP contribution in [0.25, 0.3) is 0 Å². The molecule has 7 nitrogen and oxygen atoms in total. The molecule has 0 radical (unpaired) electrons. The summed E-state index contributed by atoms with van der Waals surface area (Å²) in [5.41, 5.74) is 1.74. The van der Waals surface area contributed by atoms with Crippen LogP contribution in [0.1, 0.15) is 17.0 Å². The first-order valence-corrected chi connectivity index (χ1v) is 9.75. The van der Waals surface area contributed by atoms with Crippen molar-refractivity contribution in [1.82, 2.24) is 0 Å². The average Bonchev–Trinajstić information content (AvgIpc) is 2.75. The summed E-state index contributed by atoms with van der Waals surface area (Å²) in [5, 5.41) is 13.4. The molecule has 8 heteroatoms. The maximum atomic E-state index is 12.8. The van der Waals surface area contributed by atoms with E-state index in [0.717, 1.165) is 11.1 Å². The van der Waals surface area contributed by atoms with Gasteiger partial charge in [0.15, 0.2) is 6.61 Å². The Morgan fingerprint density at radius 2 is 1.53 bits per heavy atom. The normalized spacial score (nSPS) is 10.5. The number of nitro benzene ring substituents is 1. The number of nitrogens with one attached hydrogen (secondary N) is 1. The van der Waals surface area contributed by atoms with Gasteiger partial charge in [0.25, 0.3) is 11.6 Å². The second-order valence-electron chi connectivity index (χ2n) is 6.33. The molecule has 0 aliphatic carbocycles. The summed E-state index contributed by atoms with van der Waals surface area (Å²) in [6.07, 6.45) is 0. The number of anilines is 1. The van der Waals surface area contributed by atoms with Crippen LogP contribution in [0, 0.1) is 10.1 Å². The van der Waals surface area contributed by atoms with Crippen LogP contribution in [0.2, 0.25) is 0 Å². The van der Waals surface area contributed by atoms with Gasteiger partial charge in [0.1, 0.15) is 5.92 Å². The Morgan fingerprint density at radius 3 is 2.03 bits per heavy atom. The van der Waals surface area contributed by atoms with E-state index in [1.54, 1.807) is 0 Å². The number of hydrogen-bond acceptors (Lipinski definition) is 5. The molecule has 3 aromatic carbocycles. The highest BCUT2D eigenvalue weighted by molar-refractivity contribution is 9.10. The number of rotatable bonds is 7. The molecule has 0 saturated heterocycles. The molecule has 0 heterocycles. The van der Waals surface area contributed by atoms with E-state index in [-0.39, 0.29) is 5.69 Å². The summed E-state index contributed by atoms with van der Waals surface area (Å²) in [6.45, 7) is -0.488. The van der Waals surface area contributed by atoms with Gasteiger partial charge in [-0.1, -0.05) is 60.7 Å². The number of ether oxygens (including phenoxy) is 1. The van der Waals surface area contributed by atoms with Gasteiger partial charge in [-0.25, -0.2) is 0 Å². The molecule has 0 unspecified atom stereocenters. The standard InChI is InChI=1S/C22H17BrN2O5/c23-18-13-17(25(28)29)11-12-19(18)24-20(26)14-30-22(27)21(15-7-3-1-4-8-15)16-9-5-2-6-10-16/h1-13,21H,14H2,(H,24,26). The molecule has 1 amide bonds. The molecule has 30 heavy (non-hydrogen) atoms. The van der Waals surface area contributed by atoms with E-state index in [0.29, 0.717) is 10.2 Å². The number of nitrogens with zero attached hydrogens (tertiary/aromatic N) is 1. The van der Waals surface area contributed by atoms with E-state index in [9.17, 15) is 19.7 Å². The molecule has 0 atom stereocenters. The van der Waals surface area contributed by atoms with Gasteiger partial charge in [-0.15, -0.1) is 0 Å². The third-order valence-electron chi connectivity index (χ3n) is 4.28. The minimum Gasteiger partial charge on any atom is -0.455 e. The Bertz CT molecular complexity index is 1020. The van der Waals surface area contributed by atoms with Gasteiger partial charge in [0.05, 0.1) is 10.6 Å². The summed E-state index contributed by atoms with van der Waals surface area (Å²) in [4.78, 5) is 35.3. The van der Waals surface area contributed by atoms with E-state index >= 15 is 0 Å². The summed E-state index contributed by atoms with van der Waals surface area (Å²) in [5.74, 6) is -1.77. The Hall–Kier alpha value is -3.52. The molecule has 3 aromatic rings. The second-order valence-corrected chi connectivity index (χ2v) is 7.19. The van der Waals surface area contributed by atoms with Crippen molar-refractivity contribution in [2.45, 2.75) is 5.92 Å². The predicted molar refractivity (Wildman–Crippen MR) is 115 cm³/mol. The second kappa shape index (κ2) is 9.80. The molecular formula is C22H17BrN2O5. The summed E-state index contributed by atoms with van der Waals surface area (Å²) in [6, 6.07) is 22.3. The SMILES string of the molecule is O=C(COC(=O)C(c1ccccc1)c1ccccc1)Nc1ccc([N+](=O)[O-])cc1Br. The smallest absolute Gasteiger partial charge is 0.318 e. The molecule has 3 rings (SSSR count). The molecular weight excluding hydrogens is 452 g/mol. The van der Waals surface area contributed by atoms with E-state index in [1.165, 1.54) is 18.2 Å². The lowest BCUT2D eigenvalue weighted by molar-refractivity contribution is -0.384. The zero-order valence-corrected chi connectivity index (χ0v) is 17.2. The fourth-order valence-corrected chi connectivity index (χ4v) is 3.35. The molecule has 0 saturated carbocycles. The highest BCUT2D eigenvalue weighted by Crippen LogP contribution is 2.28. The fraction of sp³-hybridized carbons (Fsp3) is 0.0909. The van der Waals surface area contributed by atoms with E-state index in [1.807, 2.05) is 60.7 Å². The highest BCUT2D eigenvalue weighted by Gasteiger charge is 2.25. The first kappa shape index (κ1) is 21.2. The van der Waals surface area contributed by atoms with Crippen molar-refractivity contribution in [3.8, 4) is 0 Å². The molecule has 152 valence electrons. The highest BCUT2D eigenvalue weighted by atomic mass is 79.9. The summed E-state index contributed by atoms with van der Waals surface area (Å²) < 4.78 is 5.62. The Labute approximate surface area is 181 Å². The lowest BCUT2D eigenvalue weighted by atomic mass is 9.91.